The molecule has 0 saturated carbocycles. The van der Waals surface area contributed by atoms with Gasteiger partial charge in [0.2, 0.25) is 0 Å². The summed E-state index contributed by atoms with van der Waals surface area (Å²) in [4.78, 5) is 16.0. The predicted molar refractivity (Wildman–Crippen MR) is 25.9 cm³/mol. The molecule has 0 atom stereocenters. The average Bonchev–Trinajstić information content (AvgIpc) is 1.78. The minimum absolute atomic E-state index is 0.106. The maximum atomic E-state index is 8.00. The topological polar surface area (TPSA) is 34.1 Å². The Kier molecular flexibility index (Phi) is 183. The molecule has 0 aliphatic heterocycles. The molecule has 0 aromatic heterocycles. The predicted octanol–water partition coefficient (Wildman–Crippen LogP) is 1.01. The standard InChI is InChI=1S/2CH2O.2ClH.Pd/c2*1-2;;;/h2*1H2;2*1H;/q;;;;+2/p-2. The fourth-order valence-electron chi connectivity index (χ4n) is 0. The number of hydrogen-bond donors (Lipinski definition) is 0. The molecule has 0 spiro atoms. The average molecular weight is 237 g/mol. The van der Waals surface area contributed by atoms with Gasteiger partial charge in [-0.15, -0.1) is 0 Å². The second-order valence-corrected chi connectivity index (χ2v) is 2.41. The van der Waals surface area contributed by atoms with Crippen molar-refractivity contribution in [3.63, 3.8) is 0 Å². The maximum absolute atomic E-state index is 8.00. The normalized spacial score (nSPS) is 4.29. The summed E-state index contributed by atoms with van der Waals surface area (Å²) in [5, 5.41) is 0. The molecule has 0 aromatic rings. The Morgan fingerprint density at radius 1 is 1.00 bits per heavy atom. The van der Waals surface area contributed by atoms with Crippen LogP contribution >= 0.6 is 19.1 Å². The van der Waals surface area contributed by atoms with E-state index in [9.17, 15) is 0 Å². The van der Waals surface area contributed by atoms with Crippen LogP contribution in [-0.4, -0.2) is 13.6 Å². The molecule has 48 valence electrons. The van der Waals surface area contributed by atoms with Gasteiger partial charge in [-0.3, -0.25) is 0 Å². The number of carbonyl (C=O) groups is 2. The molecule has 0 saturated heterocycles. The van der Waals surface area contributed by atoms with Crippen LogP contribution in [-0.2, 0) is 25.5 Å². The molecule has 0 heterocycles. The van der Waals surface area contributed by atoms with E-state index < -0.39 is 0 Å². The van der Waals surface area contributed by atoms with Gasteiger partial charge in [0.25, 0.3) is 0 Å². The van der Waals surface area contributed by atoms with Crippen LogP contribution in [0.5, 0.6) is 0 Å². The van der Waals surface area contributed by atoms with Crippen LogP contribution < -0.4 is 0 Å². The molecule has 0 fully saturated rings. The van der Waals surface area contributed by atoms with E-state index in [0.29, 0.717) is 0 Å². The van der Waals surface area contributed by atoms with Crippen molar-refractivity contribution in [1.29, 1.82) is 0 Å². The van der Waals surface area contributed by atoms with Crippen LogP contribution in [0.3, 0.4) is 0 Å². The summed E-state index contributed by atoms with van der Waals surface area (Å²) in [6, 6.07) is 0. The van der Waals surface area contributed by atoms with Gasteiger partial charge < -0.3 is 9.59 Å². The molecule has 2 nitrogen and oxygen atoms in total. The third kappa shape index (κ3) is 408. The Balaban J connectivity index is -0.0000000360. The van der Waals surface area contributed by atoms with Crippen molar-refractivity contribution >= 4 is 32.6 Å². The summed E-state index contributed by atoms with van der Waals surface area (Å²) in [6.45, 7) is 4.00. The van der Waals surface area contributed by atoms with Gasteiger partial charge in [0, 0.05) is 0 Å². The number of hydrogen-bond acceptors (Lipinski definition) is 2. The molecule has 0 N–H and O–H groups in total. The quantitative estimate of drug-likeness (QED) is 0.589. The zero-order valence-corrected chi connectivity index (χ0v) is 6.37. The molecule has 0 radical (unpaired) electrons. The van der Waals surface area contributed by atoms with E-state index in [4.69, 9.17) is 28.6 Å². The zero-order valence-electron chi connectivity index (χ0n) is 3.30. The molecular formula is C2H4Cl2O2Pd. The first-order valence-corrected chi connectivity index (χ1v) is 4.82. The summed E-state index contributed by atoms with van der Waals surface area (Å²) < 4.78 is 0. The van der Waals surface area contributed by atoms with E-state index in [0.717, 1.165) is 0 Å². The van der Waals surface area contributed by atoms with Crippen LogP contribution in [0.25, 0.3) is 0 Å². The summed E-state index contributed by atoms with van der Waals surface area (Å²) in [5.74, 6) is 0. The number of halogens is 2. The summed E-state index contributed by atoms with van der Waals surface area (Å²) >= 11 is -0.106. The van der Waals surface area contributed by atoms with E-state index in [-0.39, 0.29) is 15.9 Å². The third-order valence-electron chi connectivity index (χ3n) is 0. The Morgan fingerprint density at radius 3 is 1.00 bits per heavy atom. The third-order valence-corrected chi connectivity index (χ3v) is 0. The van der Waals surface area contributed by atoms with E-state index >= 15 is 0 Å². The first kappa shape index (κ1) is 15.6. The van der Waals surface area contributed by atoms with Crippen LogP contribution in [0.4, 0.5) is 0 Å². The van der Waals surface area contributed by atoms with E-state index in [1.807, 2.05) is 13.6 Å². The van der Waals surface area contributed by atoms with Gasteiger partial charge in [0.1, 0.15) is 13.6 Å². The molecule has 7 heavy (non-hydrogen) atoms. The molecule has 0 unspecified atom stereocenters. The van der Waals surface area contributed by atoms with Crippen LogP contribution in [0.1, 0.15) is 0 Å². The fourth-order valence-corrected chi connectivity index (χ4v) is 0. The van der Waals surface area contributed by atoms with Crippen molar-refractivity contribution in [3.05, 3.63) is 0 Å². The van der Waals surface area contributed by atoms with Crippen LogP contribution in [0.2, 0.25) is 0 Å². The second kappa shape index (κ2) is 81.9. The SMILES string of the molecule is C=O.C=O.[Cl][Pd][Cl]. The van der Waals surface area contributed by atoms with Crippen molar-refractivity contribution in [1.82, 2.24) is 0 Å². The summed E-state index contributed by atoms with van der Waals surface area (Å²) in [5.41, 5.74) is 0. The second-order valence-electron chi connectivity index (χ2n) is 0.0452. The van der Waals surface area contributed by atoms with Gasteiger partial charge in [0.05, 0.1) is 0 Å². The number of carbonyl (C=O) groups excluding carboxylic acids is 2. The number of rotatable bonds is 0. The van der Waals surface area contributed by atoms with E-state index in [1.165, 1.54) is 0 Å². The summed E-state index contributed by atoms with van der Waals surface area (Å²) in [6.07, 6.45) is 0. The van der Waals surface area contributed by atoms with Crippen molar-refractivity contribution in [2.75, 3.05) is 0 Å². The Bertz CT molecular complexity index is 21.2. The van der Waals surface area contributed by atoms with Crippen molar-refractivity contribution in [3.8, 4) is 0 Å². The molecule has 0 aliphatic carbocycles. The summed E-state index contributed by atoms with van der Waals surface area (Å²) in [7, 11) is 9.63. The van der Waals surface area contributed by atoms with Gasteiger partial charge in [-0.05, 0) is 0 Å². The fraction of sp³-hybridized carbons (Fsp3) is 0. The van der Waals surface area contributed by atoms with E-state index in [1.54, 1.807) is 0 Å². The Labute approximate surface area is 58.3 Å². The molecule has 5 heteroatoms. The molecule has 0 bridgehead atoms. The van der Waals surface area contributed by atoms with Crippen molar-refractivity contribution < 1.29 is 25.5 Å². The van der Waals surface area contributed by atoms with Gasteiger partial charge in [-0.25, -0.2) is 0 Å². The van der Waals surface area contributed by atoms with E-state index in [2.05, 4.69) is 0 Å². The molecule has 0 rings (SSSR count). The Morgan fingerprint density at radius 2 is 1.00 bits per heavy atom. The molecule has 0 aliphatic rings. The van der Waals surface area contributed by atoms with Crippen molar-refractivity contribution in [2.24, 2.45) is 0 Å². The van der Waals surface area contributed by atoms with Gasteiger partial charge in [-0.2, -0.15) is 0 Å². The van der Waals surface area contributed by atoms with Gasteiger partial charge in [0.15, 0.2) is 0 Å². The van der Waals surface area contributed by atoms with Gasteiger partial charge >= 0.3 is 35.0 Å². The Hall–Kier alpha value is 0.582. The molecular weight excluding hydrogens is 233 g/mol. The van der Waals surface area contributed by atoms with Gasteiger partial charge in [-0.1, -0.05) is 0 Å². The molecule has 0 amide bonds. The van der Waals surface area contributed by atoms with Crippen LogP contribution in [0.15, 0.2) is 0 Å². The molecule has 0 aromatic carbocycles. The van der Waals surface area contributed by atoms with Crippen LogP contribution in [0, 0.1) is 0 Å². The first-order valence-electron chi connectivity index (χ1n) is 0.816. The minimum atomic E-state index is -0.106. The van der Waals surface area contributed by atoms with Crippen molar-refractivity contribution in [2.45, 2.75) is 0 Å². The zero-order chi connectivity index (χ0) is 6.71. The first-order chi connectivity index (χ1) is 3.41. The monoisotopic (exact) mass is 236 g/mol.